The highest BCUT2D eigenvalue weighted by Gasteiger charge is 2.21. The first-order valence-corrected chi connectivity index (χ1v) is 14.8. The standard InChI is InChI=1S/C28H32N8O2S2/c1-19(2)23-18-29-27(40-23)32-25-31-26(36-14-12-35(13-15-36)16-17-37)34-28(33-25)39-22-10-8-21(9-11-22)30-24(38)20-6-4-3-5-7-20/h3-11,18-19,37H,12-17H2,1-2H3,(H,30,38)(H,29,31,32,33,34). The van der Waals surface area contributed by atoms with E-state index in [0.717, 1.165) is 36.2 Å². The number of aromatic nitrogens is 4. The minimum absolute atomic E-state index is 0.152. The van der Waals surface area contributed by atoms with Gasteiger partial charge in [0.15, 0.2) is 10.3 Å². The predicted octanol–water partition coefficient (Wildman–Crippen LogP) is 4.71. The average molecular weight is 577 g/mol. The summed E-state index contributed by atoms with van der Waals surface area (Å²) in [7, 11) is 0. The minimum atomic E-state index is -0.152. The number of anilines is 4. The molecule has 0 radical (unpaired) electrons. The second-order valence-electron chi connectivity index (χ2n) is 9.59. The maximum absolute atomic E-state index is 12.5. The number of aliphatic hydroxyl groups excluding tert-OH is 1. The van der Waals surface area contributed by atoms with Crippen LogP contribution in [0, 0.1) is 0 Å². The summed E-state index contributed by atoms with van der Waals surface area (Å²) in [5.41, 5.74) is 1.32. The van der Waals surface area contributed by atoms with Gasteiger partial charge in [-0.1, -0.05) is 32.0 Å². The smallest absolute Gasteiger partial charge is 0.255 e. The molecule has 0 bridgehead atoms. The average Bonchev–Trinajstić information content (AvgIpc) is 3.44. The molecule has 0 aliphatic carbocycles. The monoisotopic (exact) mass is 576 g/mol. The molecule has 5 rings (SSSR count). The molecule has 0 atom stereocenters. The van der Waals surface area contributed by atoms with E-state index in [0.29, 0.717) is 40.8 Å². The number of piperazine rings is 1. The highest BCUT2D eigenvalue weighted by atomic mass is 32.2. The van der Waals surface area contributed by atoms with E-state index in [4.69, 9.17) is 9.97 Å². The van der Waals surface area contributed by atoms with E-state index in [1.54, 1.807) is 23.5 Å². The van der Waals surface area contributed by atoms with Gasteiger partial charge in [-0.3, -0.25) is 15.0 Å². The van der Waals surface area contributed by atoms with Gasteiger partial charge < -0.3 is 15.3 Å². The van der Waals surface area contributed by atoms with E-state index in [1.807, 2.05) is 48.7 Å². The first-order chi connectivity index (χ1) is 19.5. The summed E-state index contributed by atoms with van der Waals surface area (Å²) >= 11 is 3.02. The molecule has 10 nitrogen and oxygen atoms in total. The molecule has 208 valence electrons. The lowest BCUT2D eigenvalue weighted by atomic mass is 10.2. The summed E-state index contributed by atoms with van der Waals surface area (Å²) in [4.78, 5) is 37.7. The molecule has 0 spiro atoms. The molecule has 1 aliphatic heterocycles. The Morgan fingerprint density at radius 1 is 1.02 bits per heavy atom. The van der Waals surface area contributed by atoms with Crippen LogP contribution in [0.15, 0.2) is 70.8 Å². The third-order valence-corrected chi connectivity index (χ3v) is 8.43. The quantitative estimate of drug-likeness (QED) is 0.245. The van der Waals surface area contributed by atoms with E-state index < -0.39 is 0 Å². The fourth-order valence-corrected chi connectivity index (χ4v) is 5.67. The van der Waals surface area contributed by atoms with Crippen LogP contribution >= 0.6 is 23.1 Å². The summed E-state index contributed by atoms with van der Waals surface area (Å²) in [5, 5.41) is 16.8. The van der Waals surface area contributed by atoms with E-state index in [9.17, 15) is 9.90 Å². The second-order valence-corrected chi connectivity index (χ2v) is 11.7. The molecule has 2 aromatic heterocycles. The number of carbonyl (C=O) groups excluding carboxylic acids is 1. The molecule has 40 heavy (non-hydrogen) atoms. The van der Waals surface area contributed by atoms with Gasteiger partial charge >= 0.3 is 0 Å². The van der Waals surface area contributed by atoms with E-state index in [2.05, 4.69) is 44.2 Å². The number of aliphatic hydroxyl groups is 1. The van der Waals surface area contributed by atoms with Gasteiger partial charge in [0.05, 0.1) is 6.61 Å². The van der Waals surface area contributed by atoms with Crippen molar-refractivity contribution in [3.63, 3.8) is 0 Å². The number of hydrogen-bond donors (Lipinski definition) is 3. The molecule has 3 heterocycles. The van der Waals surface area contributed by atoms with Crippen LogP contribution in [-0.4, -0.2) is 75.2 Å². The zero-order valence-corrected chi connectivity index (χ0v) is 24.1. The van der Waals surface area contributed by atoms with Crippen molar-refractivity contribution >= 4 is 51.7 Å². The number of β-amino-alcohol motifs (C(OH)–C–C–N with tert-alkyl or cyclic N) is 1. The fourth-order valence-electron chi connectivity index (χ4n) is 4.11. The first kappa shape index (κ1) is 28.0. The zero-order chi connectivity index (χ0) is 27.9. The van der Waals surface area contributed by atoms with Crippen molar-refractivity contribution in [2.24, 2.45) is 0 Å². The van der Waals surface area contributed by atoms with Crippen molar-refractivity contribution in [2.45, 2.75) is 29.8 Å². The predicted molar refractivity (Wildman–Crippen MR) is 160 cm³/mol. The lowest BCUT2D eigenvalue weighted by Crippen LogP contribution is -2.47. The molecule has 1 amide bonds. The van der Waals surface area contributed by atoms with Crippen LogP contribution in [0.4, 0.5) is 22.7 Å². The number of nitrogens with zero attached hydrogens (tertiary/aromatic N) is 6. The van der Waals surface area contributed by atoms with Crippen molar-refractivity contribution < 1.29 is 9.90 Å². The topological polar surface area (TPSA) is 119 Å². The van der Waals surface area contributed by atoms with Gasteiger partial charge in [-0.15, -0.1) is 11.3 Å². The lowest BCUT2D eigenvalue weighted by Gasteiger charge is -2.34. The van der Waals surface area contributed by atoms with E-state index >= 15 is 0 Å². The highest BCUT2D eigenvalue weighted by molar-refractivity contribution is 7.99. The highest BCUT2D eigenvalue weighted by Crippen LogP contribution is 2.30. The van der Waals surface area contributed by atoms with Crippen LogP contribution < -0.4 is 15.5 Å². The van der Waals surface area contributed by atoms with Crippen molar-refractivity contribution in [3.8, 4) is 0 Å². The summed E-state index contributed by atoms with van der Waals surface area (Å²) in [6, 6.07) is 16.7. The summed E-state index contributed by atoms with van der Waals surface area (Å²) in [6.07, 6.45) is 1.88. The van der Waals surface area contributed by atoms with Crippen molar-refractivity contribution in [2.75, 3.05) is 54.9 Å². The molecule has 0 unspecified atom stereocenters. The van der Waals surface area contributed by atoms with Crippen LogP contribution in [0.2, 0.25) is 0 Å². The summed E-state index contributed by atoms with van der Waals surface area (Å²) in [6.45, 7) is 8.29. The Kier molecular flexibility index (Phi) is 9.22. The van der Waals surface area contributed by atoms with Gasteiger partial charge in [0, 0.05) is 59.9 Å². The molecule has 1 fully saturated rings. The third kappa shape index (κ3) is 7.33. The number of hydrogen-bond acceptors (Lipinski definition) is 11. The van der Waals surface area contributed by atoms with Crippen LogP contribution in [-0.2, 0) is 0 Å². The van der Waals surface area contributed by atoms with Crippen LogP contribution in [0.1, 0.15) is 35.0 Å². The lowest BCUT2D eigenvalue weighted by molar-refractivity contribution is 0.102. The SMILES string of the molecule is CC(C)c1cnc(Nc2nc(Sc3ccc(NC(=O)c4ccccc4)cc3)nc(N3CCN(CCO)CC3)n2)s1. The van der Waals surface area contributed by atoms with Gasteiger partial charge in [-0.05, 0) is 54.1 Å². The maximum atomic E-state index is 12.5. The summed E-state index contributed by atoms with van der Waals surface area (Å²) < 4.78 is 0. The molecule has 1 saturated heterocycles. The largest absolute Gasteiger partial charge is 0.395 e. The molecular weight excluding hydrogens is 544 g/mol. The zero-order valence-electron chi connectivity index (χ0n) is 22.4. The second kappa shape index (κ2) is 13.2. The Morgan fingerprint density at radius 2 is 1.77 bits per heavy atom. The first-order valence-electron chi connectivity index (χ1n) is 13.2. The number of rotatable bonds is 10. The van der Waals surface area contributed by atoms with Gasteiger partial charge in [0.1, 0.15) is 0 Å². The maximum Gasteiger partial charge on any atom is 0.255 e. The van der Waals surface area contributed by atoms with Gasteiger partial charge in [0.25, 0.3) is 5.91 Å². The normalized spacial score (nSPS) is 13.9. The molecule has 12 heteroatoms. The molecule has 2 aromatic carbocycles. The minimum Gasteiger partial charge on any atom is -0.395 e. The van der Waals surface area contributed by atoms with Gasteiger partial charge in [-0.25, -0.2) is 4.98 Å². The Labute approximate surface area is 241 Å². The Hall–Kier alpha value is -3.58. The number of nitrogens with one attached hydrogen (secondary N) is 2. The Balaban J connectivity index is 1.33. The van der Waals surface area contributed by atoms with Crippen molar-refractivity contribution in [3.05, 3.63) is 71.2 Å². The Morgan fingerprint density at radius 3 is 2.45 bits per heavy atom. The fraction of sp³-hybridized carbons (Fsp3) is 0.321. The molecule has 4 aromatic rings. The van der Waals surface area contributed by atoms with Crippen molar-refractivity contribution in [1.29, 1.82) is 0 Å². The van der Waals surface area contributed by atoms with E-state index in [-0.39, 0.29) is 12.5 Å². The molecule has 3 N–H and O–H groups in total. The molecular formula is C28H32N8O2S2. The number of benzene rings is 2. The number of carbonyl (C=O) groups is 1. The number of amides is 1. The van der Waals surface area contributed by atoms with Crippen molar-refractivity contribution in [1.82, 2.24) is 24.8 Å². The van der Waals surface area contributed by atoms with E-state index in [1.165, 1.54) is 16.6 Å². The molecule has 1 aliphatic rings. The van der Waals surface area contributed by atoms with Gasteiger partial charge in [-0.2, -0.15) is 15.0 Å². The van der Waals surface area contributed by atoms with Crippen LogP contribution in [0.5, 0.6) is 0 Å². The van der Waals surface area contributed by atoms with Crippen LogP contribution in [0.3, 0.4) is 0 Å². The van der Waals surface area contributed by atoms with Gasteiger partial charge in [0.2, 0.25) is 11.9 Å². The molecule has 0 saturated carbocycles. The third-order valence-electron chi connectivity index (χ3n) is 6.34. The summed E-state index contributed by atoms with van der Waals surface area (Å²) in [5.74, 6) is 1.29. The Bertz CT molecular complexity index is 1410. The number of thiazole rings is 1. The van der Waals surface area contributed by atoms with Crippen LogP contribution in [0.25, 0.3) is 0 Å².